The number of amides is 3. The van der Waals surface area contributed by atoms with Gasteiger partial charge in [-0.15, -0.1) is 0 Å². The fourth-order valence-corrected chi connectivity index (χ4v) is 2.72. The number of hydrogen-bond acceptors (Lipinski definition) is 3. The number of rotatable bonds is 4. The number of benzene rings is 2. The molecule has 138 valence electrons. The van der Waals surface area contributed by atoms with Gasteiger partial charge in [-0.2, -0.15) is 5.10 Å². The van der Waals surface area contributed by atoms with Crippen molar-refractivity contribution in [2.45, 2.75) is 13.8 Å². The Morgan fingerprint density at radius 1 is 0.926 bits per heavy atom. The van der Waals surface area contributed by atoms with Gasteiger partial charge >= 0.3 is 6.03 Å². The molecule has 0 saturated heterocycles. The quantitative estimate of drug-likeness (QED) is 0.663. The maximum absolute atomic E-state index is 12.5. The minimum atomic E-state index is -0.321. The lowest BCUT2D eigenvalue weighted by Crippen LogP contribution is -2.24. The summed E-state index contributed by atoms with van der Waals surface area (Å²) < 4.78 is 1.84. The molecule has 0 aliphatic carbocycles. The van der Waals surface area contributed by atoms with Gasteiger partial charge in [0.2, 0.25) is 0 Å². The van der Waals surface area contributed by atoms with Crippen LogP contribution in [0.25, 0.3) is 5.69 Å². The Morgan fingerprint density at radius 2 is 1.59 bits per heavy atom. The number of nitrogens with zero attached hydrogens (tertiary/aromatic N) is 2. The fourth-order valence-electron chi connectivity index (χ4n) is 2.72. The average Bonchev–Trinajstić information content (AvgIpc) is 3.00. The van der Waals surface area contributed by atoms with Crippen LogP contribution in [-0.2, 0) is 0 Å². The first kappa shape index (κ1) is 18.2. The first-order chi connectivity index (χ1) is 13.0. The molecular weight excluding hydrogens is 342 g/mol. The van der Waals surface area contributed by atoms with Gasteiger partial charge in [0.15, 0.2) is 0 Å². The summed E-state index contributed by atoms with van der Waals surface area (Å²) >= 11 is 0. The van der Waals surface area contributed by atoms with E-state index in [0.29, 0.717) is 16.9 Å². The number of carbonyl (C=O) groups excluding carboxylic acids is 2. The van der Waals surface area contributed by atoms with E-state index in [4.69, 9.17) is 0 Å². The molecule has 0 saturated carbocycles. The van der Waals surface area contributed by atoms with E-state index >= 15 is 0 Å². The topological polar surface area (TPSA) is 88.0 Å². The second kappa shape index (κ2) is 7.74. The lowest BCUT2D eigenvalue weighted by atomic mass is 10.2. The summed E-state index contributed by atoms with van der Waals surface area (Å²) in [4.78, 5) is 23.9. The predicted molar refractivity (Wildman–Crippen MR) is 106 cm³/mol. The fraction of sp³-hybridized carbons (Fsp3) is 0.150. The number of hydrogen-bond donors (Lipinski definition) is 3. The number of anilines is 2. The highest BCUT2D eigenvalue weighted by atomic mass is 16.2. The van der Waals surface area contributed by atoms with Gasteiger partial charge in [-0.05, 0) is 62.4 Å². The van der Waals surface area contributed by atoms with E-state index in [1.165, 1.54) is 7.05 Å². The van der Waals surface area contributed by atoms with E-state index in [0.717, 1.165) is 17.1 Å². The number of aryl methyl sites for hydroxylation is 2. The zero-order valence-corrected chi connectivity index (χ0v) is 15.4. The van der Waals surface area contributed by atoms with E-state index < -0.39 is 0 Å². The number of carbonyl (C=O) groups is 2. The van der Waals surface area contributed by atoms with Gasteiger partial charge in [0.05, 0.1) is 11.4 Å². The Hall–Kier alpha value is -3.61. The summed E-state index contributed by atoms with van der Waals surface area (Å²) in [5, 5.41) is 12.4. The van der Waals surface area contributed by atoms with E-state index in [-0.39, 0.29) is 11.9 Å². The van der Waals surface area contributed by atoms with Gasteiger partial charge in [0.25, 0.3) is 5.91 Å². The zero-order chi connectivity index (χ0) is 19.4. The third-order valence-electron chi connectivity index (χ3n) is 3.99. The van der Waals surface area contributed by atoms with Crippen molar-refractivity contribution in [2.24, 2.45) is 0 Å². The highest BCUT2D eigenvalue weighted by Gasteiger charge is 2.09. The molecule has 0 fully saturated rings. The molecule has 0 spiro atoms. The SMILES string of the molecule is CNC(=O)Nc1cccc(NC(=O)c2ccc(-n3nc(C)cc3C)cc2)c1. The molecule has 0 aliphatic heterocycles. The molecule has 1 heterocycles. The number of nitrogens with one attached hydrogen (secondary N) is 3. The third kappa shape index (κ3) is 4.33. The van der Waals surface area contributed by atoms with Crippen LogP contribution in [0.15, 0.2) is 54.6 Å². The highest BCUT2D eigenvalue weighted by Crippen LogP contribution is 2.17. The molecule has 3 amide bonds. The average molecular weight is 363 g/mol. The standard InChI is InChI=1S/C20H21N5O2/c1-13-11-14(2)25(24-13)18-9-7-15(8-10-18)19(26)22-16-5-4-6-17(12-16)23-20(27)21-3/h4-12H,1-3H3,(H,22,26)(H2,21,23,27). The Labute approximate surface area is 157 Å². The van der Waals surface area contributed by atoms with E-state index in [9.17, 15) is 9.59 Å². The van der Waals surface area contributed by atoms with Crippen LogP contribution in [0.3, 0.4) is 0 Å². The van der Waals surface area contributed by atoms with Crippen molar-refractivity contribution in [3.8, 4) is 5.69 Å². The van der Waals surface area contributed by atoms with Crippen LogP contribution in [0.1, 0.15) is 21.7 Å². The largest absolute Gasteiger partial charge is 0.341 e. The molecule has 3 aromatic rings. The third-order valence-corrected chi connectivity index (χ3v) is 3.99. The van der Waals surface area contributed by atoms with Crippen molar-refractivity contribution in [2.75, 3.05) is 17.7 Å². The molecule has 27 heavy (non-hydrogen) atoms. The molecule has 3 N–H and O–H groups in total. The normalized spacial score (nSPS) is 10.3. The van der Waals surface area contributed by atoms with Crippen molar-refractivity contribution in [1.82, 2.24) is 15.1 Å². The van der Waals surface area contributed by atoms with Gasteiger partial charge in [0, 0.05) is 29.7 Å². The zero-order valence-electron chi connectivity index (χ0n) is 15.4. The van der Waals surface area contributed by atoms with Crippen molar-refractivity contribution >= 4 is 23.3 Å². The Bertz CT molecular complexity index is 976. The lowest BCUT2D eigenvalue weighted by molar-refractivity contribution is 0.102. The van der Waals surface area contributed by atoms with Crippen LogP contribution in [0.2, 0.25) is 0 Å². The second-order valence-corrected chi connectivity index (χ2v) is 6.12. The van der Waals surface area contributed by atoms with E-state index in [1.54, 1.807) is 36.4 Å². The highest BCUT2D eigenvalue weighted by molar-refractivity contribution is 6.04. The monoisotopic (exact) mass is 363 g/mol. The molecule has 7 nitrogen and oxygen atoms in total. The summed E-state index contributed by atoms with van der Waals surface area (Å²) in [6.45, 7) is 3.93. The van der Waals surface area contributed by atoms with Gasteiger partial charge < -0.3 is 16.0 Å². The van der Waals surface area contributed by atoms with E-state index in [2.05, 4.69) is 21.0 Å². The van der Waals surface area contributed by atoms with Crippen molar-refractivity contribution < 1.29 is 9.59 Å². The van der Waals surface area contributed by atoms with Crippen LogP contribution in [0.4, 0.5) is 16.2 Å². The molecule has 0 radical (unpaired) electrons. The van der Waals surface area contributed by atoms with Crippen LogP contribution in [-0.4, -0.2) is 28.8 Å². The van der Waals surface area contributed by atoms with Gasteiger partial charge in [0.1, 0.15) is 0 Å². The van der Waals surface area contributed by atoms with Crippen LogP contribution < -0.4 is 16.0 Å². The van der Waals surface area contributed by atoms with Gasteiger partial charge in [-0.25, -0.2) is 9.48 Å². The summed E-state index contributed by atoms with van der Waals surface area (Å²) in [6, 6.07) is 15.9. The molecule has 7 heteroatoms. The lowest BCUT2D eigenvalue weighted by Gasteiger charge is -2.09. The minimum Gasteiger partial charge on any atom is -0.341 e. The van der Waals surface area contributed by atoms with E-state index in [1.807, 2.05) is 36.7 Å². The predicted octanol–water partition coefficient (Wildman–Crippen LogP) is 3.49. The summed E-state index contributed by atoms with van der Waals surface area (Å²) in [6.07, 6.45) is 0. The van der Waals surface area contributed by atoms with Crippen molar-refractivity contribution in [3.05, 3.63) is 71.5 Å². The van der Waals surface area contributed by atoms with Crippen LogP contribution in [0, 0.1) is 13.8 Å². The molecule has 0 bridgehead atoms. The smallest absolute Gasteiger partial charge is 0.318 e. The van der Waals surface area contributed by atoms with Crippen LogP contribution >= 0.6 is 0 Å². The van der Waals surface area contributed by atoms with Crippen molar-refractivity contribution in [1.29, 1.82) is 0 Å². The summed E-state index contributed by atoms with van der Waals surface area (Å²) in [7, 11) is 1.54. The van der Waals surface area contributed by atoms with Crippen LogP contribution in [0.5, 0.6) is 0 Å². The Balaban J connectivity index is 1.72. The molecule has 2 aromatic carbocycles. The van der Waals surface area contributed by atoms with Gasteiger partial charge in [-0.1, -0.05) is 6.07 Å². The van der Waals surface area contributed by atoms with Gasteiger partial charge in [-0.3, -0.25) is 4.79 Å². The first-order valence-corrected chi connectivity index (χ1v) is 8.50. The Kier molecular flexibility index (Phi) is 5.21. The second-order valence-electron chi connectivity index (χ2n) is 6.12. The Morgan fingerprint density at radius 3 is 2.19 bits per heavy atom. The first-order valence-electron chi connectivity index (χ1n) is 8.50. The number of urea groups is 1. The number of aromatic nitrogens is 2. The molecule has 3 rings (SSSR count). The molecular formula is C20H21N5O2. The maximum atomic E-state index is 12.5. The maximum Gasteiger partial charge on any atom is 0.318 e. The molecule has 0 unspecified atom stereocenters. The molecule has 0 aliphatic rings. The molecule has 1 aromatic heterocycles. The summed E-state index contributed by atoms with van der Waals surface area (Å²) in [5.74, 6) is -0.230. The molecule has 0 atom stereocenters. The minimum absolute atomic E-state index is 0.230. The summed E-state index contributed by atoms with van der Waals surface area (Å²) in [5.41, 5.74) is 4.59. The van der Waals surface area contributed by atoms with Crippen molar-refractivity contribution in [3.63, 3.8) is 0 Å².